The van der Waals surface area contributed by atoms with Crippen LogP contribution in [0, 0.1) is 0 Å². The number of rotatable bonds is 4. The molecule has 0 radical (unpaired) electrons. The van der Waals surface area contributed by atoms with E-state index in [1.165, 1.54) is 12.1 Å². The molecular weight excluding hydrogens is 315 g/mol. The molecule has 0 saturated carbocycles. The number of benzene rings is 1. The molecule has 0 aliphatic heterocycles. The summed E-state index contributed by atoms with van der Waals surface area (Å²) in [6, 6.07) is 4.01. The molecule has 1 aromatic rings. The summed E-state index contributed by atoms with van der Waals surface area (Å²) in [5.41, 5.74) is -0.00558. The van der Waals surface area contributed by atoms with Crippen molar-refractivity contribution in [1.82, 2.24) is 0 Å². The van der Waals surface area contributed by atoms with Crippen molar-refractivity contribution in [2.45, 2.75) is 26.1 Å². The van der Waals surface area contributed by atoms with Crippen LogP contribution in [0.15, 0.2) is 22.7 Å². The summed E-state index contributed by atoms with van der Waals surface area (Å²) in [6.45, 7) is 1.80. The van der Waals surface area contributed by atoms with E-state index < -0.39 is 12.1 Å². The lowest BCUT2D eigenvalue weighted by atomic mass is 10.2. The minimum atomic E-state index is -4.80. The Bertz CT molecular complexity index is 435. The number of alkyl halides is 3. The highest BCUT2D eigenvalue weighted by atomic mass is 79.9. The lowest BCUT2D eigenvalue weighted by Gasteiger charge is -2.14. The van der Waals surface area contributed by atoms with Gasteiger partial charge in [-0.2, -0.15) is 0 Å². The fraction of sp³-hybridized carbons (Fsp3) is 0.364. The Morgan fingerprint density at radius 1 is 1.44 bits per heavy atom. The first-order valence-electron chi connectivity index (χ1n) is 5.17. The first-order valence-corrected chi connectivity index (χ1v) is 5.96. The van der Waals surface area contributed by atoms with Crippen LogP contribution in [0.4, 0.5) is 18.9 Å². The maximum Gasteiger partial charge on any atom is 0.573 e. The molecule has 100 valence electrons. The number of nitrogens with one attached hydrogen (secondary N) is 1. The van der Waals surface area contributed by atoms with E-state index in [1.807, 2.05) is 0 Å². The van der Waals surface area contributed by atoms with E-state index in [-0.39, 0.29) is 18.0 Å². The zero-order valence-electron chi connectivity index (χ0n) is 9.47. The van der Waals surface area contributed by atoms with Gasteiger partial charge >= 0.3 is 6.36 Å². The minimum Gasteiger partial charge on any atom is -0.404 e. The highest BCUT2D eigenvalue weighted by Gasteiger charge is 2.32. The van der Waals surface area contributed by atoms with Gasteiger partial charge in [0.2, 0.25) is 5.91 Å². The second-order valence-corrected chi connectivity index (χ2v) is 4.40. The molecule has 0 aromatic heterocycles. The summed E-state index contributed by atoms with van der Waals surface area (Å²) in [4.78, 5) is 11.4. The fourth-order valence-electron chi connectivity index (χ4n) is 1.25. The molecule has 1 aromatic carbocycles. The number of amides is 1. The van der Waals surface area contributed by atoms with Crippen LogP contribution in [0.1, 0.15) is 19.8 Å². The summed E-state index contributed by atoms with van der Waals surface area (Å²) < 4.78 is 40.8. The van der Waals surface area contributed by atoms with E-state index in [1.54, 1.807) is 6.92 Å². The van der Waals surface area contributed by atoms with Crippen molar-refractivity contribution in [3.63, 3.8) is 0 Å². The van der Waals surface area contributed by atoms with Crippen LogP contribution in [-0.2, 0) is 4.79 Å². The number of halogens is 4. The quantitative estimate of drug-likeness (QED) is 0.905. The molecule has 18 heavy (non-hydrogen) atoms. The molecular formula is C11H11BrF3NO2. The maximum absolute atomic E-state index is 12.2. The van der Waals surface area contributed by atoms with Crippen LogP contribution < -0.4 is 10.1 Å². The predicted octanol–water partition coefficient (Wildman–Crippen LogP) is 4.09. The Kier molecular flexibility index (Phi) is 5.01. The molecule has 0 bridgehead atoms. The lowest BCUT2D eigenvalue weighted by molar-refractivity contribution is -0.274. The van der Waals surface area contributed by atoms with E-state index in [0.29, 0.717) is 10.9 Å². The van der Waals surface area contributed by atoms with E-state index in [0.717, 1.165) is 6.07 Å². The standard InChI is InChI=1S/C11H11BrF3NO2/c1-2-3-10(17)16-8-5-4-7(12)6-9(8)18-11(13,14)15/h4-6H,2-3H2,1H3,(H,16,17). The van der Waals surface area contributed by atoms with Gasteiger partial charge < -0.3 is 10.1 Å². The Morgan fingerprint density at radius 3 is 2.67 bits per heavy atom. The number of carbonyl (C=O) groups excluding carboxylic acids is 1. The molecule has 0 atom stereocenters. The topological polar surface area (TPSA) is 38.3 Å². The third kappa shape index (κ3) is 4.95. The van der Waals surface area contributed by atoms with E-state index in [2.05, 4.69) is 26.0 Å². The highest BCUT2D eigenvalue weighted by Crippen LogP contribution is 2.33. The van der Waals surface area contributed by atoms with Crippen molar-refractivity contribution >= 4 is 27.5 Å². The summed E-state index contributed by atoms with van der Waals surface area (Å²) >= 11 is 3.04. The number of hydrogen-bond acceptors (Lipinski definition) is 2. The van der Waals surface area contributed by atoms with Crippen LogP contribution in [0.5, 0.6) is 5.75 Å². The number of carbonyl (C=O) groups is 1. The SMILES string of the molecule is CCCC(=O)Nc1ccc(Br)cc1OC(F)(F)F. The molecule has 1 N–H and O–H groups in total. The smallest absolute Gasteiger partial charge is 0.404 e. The van der Waals surface area contributed by atoms with Crippen LogP contribution >= 0.6 is 15.9 Å². The van der Waals surface area contributed by atoms with Gasteiger partial charge in [-0.25, -0.2) is 0 Å². The van der Waals surface area contributed by atoms with Crippen LogP contribution in [-0.4, -0.2) is 12.3 Å². The van der Waals surface area contributed by atoms with Gasteiger partial charge in [-0.05, 0) is 24.6 Å². The van der Waals surface area contributed by atoms with Gasteiger partial charge in [0.25, 0.3) is 0 Å². The van der Waals surface area contributed by atoms with Gasteiger partial charge in [0.15, 0.2) is 5.75 Å². The molecule has 0 spiro atoms. The van der Waals surface area contributed by atoms with Gasteiger partial charge in [0.1, 0.15) is 0 Å². The predicted molar refractivity (Wildman–Crippen MR) is 64.4 cm³/mol. The Morgan fingerprint density at radius 2 is 2.11 bits per heavy atom. The summed E-state index contributed by atoms with van der Waals surface area (Å²) in [5, 5.41) is 2.38. The second-order valence-electron chi connectivity index (χ2n) is 3.49. The fourth-order valence-corrected chi connectivity index (χ4v) is 1.59. The third-order valence-electron chi connectivity index (χ3n) is 1.92. The molecule has 7 heteroatoms. The molecule has 0 aliphatic carbocycles. The van der Waals surface area contributed by atoms with E-state index in [4.69, 9.17) is 0 Å². The van der Waals surface area contributed by atoms with Gasteiger partial charge in [-0.1, -0.05) is 22.9 Å². The van der Waals surface area contributed by atoms with Crippen molar-refractivity contribution in [2.75, 3.05) is 5.32 Å². The van der Waals surface area contributed by atoms with Crippen LogP contribution in [0.25, 0.3) is 0 Å². The van der Waals surface area contributed by atoms with Crippen molar-refractivity contribution in [2.24, 2.45) is 0 Å². The summed E-state index contributed by atoms with van der Waals surface area (Å²) in [5.74, 6) is -0.798. The van der Waals surface area contributed by atoms with Crippen LogP contribution in [0.2, 0.25) is 0 Å². The summed E-state index contributed by atoms with van der Waals surface area (Å²) in [6.07, 6.45) is -3.95. The zero-order valence-corrected chi connectivity index (χ0v) is 11.1. The number of hydrogen-bond donors (Lipinski definition) is 1. The molecule has 1 amide bonds. The Hall–Kier alpha value is -1.24. The Balaban J connectivity index is 2.93. The van der Waals surface area contributed by atoms with Crippen molar-refractivity contribution in [3.05, 3.63) is 22.7 Å². The van der Waals surface area contributed by atoms with Gasteiger partial charge in [0.05, 0.1) is 5.69 Å². The normalized spacial score (nSPS) is 11.2. The first kappa shape index (κ1) is 14.8. The molecule has 0 heterocycles. The molecule has 3 nitrogen and oxygen atoms in total. The average molecular weight is 326 g/mol. The average Bonchev–Trinajstić information content (AvgIpc) is 2.20. The lowest BCUT2D eigenvalue weighted by Crippen LogP contribution is -2.19. The monoisotopic (exact) mass is 325 g/mol. The van der Waals surface area contributed by atoms with E-state index >= 15 is 0 Å². The molecule has 0 unspecified atom stereocenters. The zero-order chi connectivity index (χ0) is 13.8. The number of ether oxygens (including phenoxy) is 1. The second kappa shape index (κ2) is 6.08. The third-order valence-corrected chi connectivity index (χ3v) is 2.41. The Labute approximate surface area is 110 Å². The first-order chi connectivity index (χ1) is 8.31. The van der Waals surface area contributed by atoms with Crippen molar-refractivity contribution < 1.29 is 22.7 Å². The van der Waals surface area contributed by atoms with Gasteiger partial charge in [-0.15, -0.1) is 13.2 Å². The maximum atomic E-state index is 12.2. The minimum absolute atomic E-state index is 0.00558. The largest absolute Gasteiger partial charge is 0.573 e. The van der Waals surface area contributed by atoms with E-state index in [9.17, 15) is 18.0 Å². The number of anilines is 1. The molecule has 0 saturated heterocycles. The molecule has 0 fully saturated rings. The van der Waals surface area contributed by atoms with Gasteiger partial charge in [-0.3, -0.25) is 4.79 Å². The summed E-state index contributed by atoms with van der Waals surface area (Å²) in [7, 11) is 0. The van der Waals surface area contributed by atoms with Crippen LogP contribution in [0.3, 0.4) is 0 Å². The molecule has 0 aliphatic rings. The van der Waals surface area contributed by atoms with Gasteiger partial charge in [0, 0.05) is 10.9 Å². The molecule has 1 rings (SSSR count). The highest BCUT2D eigenvalue weighted by molar-refractivity contribution is 9.10. The van der Waals surface area contributed by atoms with Crippen molar-refractivity contribution in [1.29, 1.82) is 0 Å². The van der Waals surface area contributed by atoms with Crippen molar-refractivity contribution in [3.8, 4) is 5.75 Å².